The lowest BCUT2D eigenvalue weighted by molar-refractivity contribution is -0.138. The van der Waals surface area contributed by atoms with Gasteiger partial charge in [-0.15, -0.1) is 0 Å². The number of rotatable bonds is 4. The second kappa shape index (κ2) is 6.90. The van der Waals surface area contributed by atoms with Crippen LogP contribution >= 0.6 is 11.6 Å². The molecule has 7 heteroatoms. The number of benzene rings is 2. The molecule has 0 saturated heterocycles. The molecule has 0 spiro atoms. The molecule has 2 aromatic rings. The van der Waals surface area contributed by atoms with E-state index < -0.39 is 29.6 Å². The summed E-state index contributed by atoms with van der Waals surface area (Å²) in [5.74, 6) is -2.45. The molecule has 2 amide bonds. The van der Waals surface area contributed by atoms with Crippen molar-refractivity contribution in [2.45, 2.75) is 6.92 Å². The molecule has 1 atom stereocenters. The van der Waals surface area contributed by atoms with Gasteiger partial charge >= 0.3 is 0 Å². The average molecular weight is 373 g/mol. The molecule has 1 unspecified atom stereocenters. The van der Waals surface area contributed by atoms with Crippen molar-refractivity contribution in [3.8, 4) is 0 Å². The summed E-state index contributed by atoms with van der Waals surface area (Å²) in [6, 6.07) is 13.3. The van der Waals surface area contributed by atoms with Gasteiger partial charge in [0.15, 0.2) is 5.78 Å². The summed E-state index contributed by atoms with van der Waals surface area (Å²) in [5, 5.41) is 12.6. The van der Waals surface area contributed by atoms with Crippen LogP contribution in [0.15, 0.2) is 48.5 Å². The predicted molar refractivity (Wildman–Crippen MR) is 98.4 cm³/mol. The molecule has 0 radical (unpaired) electrons. The molecule has 0 saturated carbocycles. The molecular weight excluding hydrogens is 356 g/mol. The van der Waals surface area contributed by atoms with Crippen LogP contribution in [0.3, 0.4) is 0 Å². The SMILES string of the molecule is CCN(C(=O)C1(CO)C(=O)Nc2cccc(Cl)c2C1=O)c1ccccc1. The number of amides is 2. The number of ketones is 1. The maximum Gasteiger partial charge on any atom is 0.253 e. The number of fused-ring (bicyclic) bond motifs is 1. The first-order valence-corrected chi connectivity index (χ1v) is 8.47. The number of anilines is 2. The average Bonchev–Trinajstić information content (AvgIpc) is 2.64. The number of aliphatic hydroxyl groups is 1. The molecule has 3 rings (SSSR count). The van der Waals surface area contributed by atoms with Crippen LogP contribution in [0.2, 0.25) is 5.02 Å². The summed E-state index contributed by atoms with van der Waals surface area (Å²) in [4.78, 5) is 40.5. The van der Waals surface area contributed by atoms with Gasteiger partial charge in [-0.25, -0.2) is 0 Å². The minimum absolute atomic E-state index is 0.0280. The highest BCUT2D eigenvalue weighted by Gasteiger charge is 2.57. The van der Waals surface area contributed by atoms with E-state index in [0.717, 1.165) is 0 Å². The molecular formula is C19H17ClN2O4. The van der Waals surface area contributed by atoms with Gasteiger partial charge in [0.1, 0.15) is 0 Å². The minimum Gasteiger partial charge on any atom is -0.394 e. The summed E-state index contributed by atoms with van der Waals surface area (Å²) < 4.78 is 0. The number of para-hydroxylation sites is 1. The van der Waals surface area contributed by atoms with Crippen molar-refractivity contribution in [1.82, 2.24) is 0 Å². The Balaban J connectivity index is 2.13. The number of halogens is 1. The van der Waals surface area contributed by atoms with Gasteiger partial charge < -0.3 is 15.3 Å². The third-order valence-corrected chi connectivity index (χ3v) is 4.81. The molecule has 26 heavy (non-hydrogen) atoms. The standard InChI is InChI=1S/C19H17ClN2O4/c1-2-22(12-7-4-3-5-8-12)18(26)19(11-23)16(24)15-13(20)9-6-10-14(15)21-17(19)25/h3-10,23H,2,11H2,1H3,(H,21,25). The molecule has 0 aromatic heterocycles. The molecule has 0 fully saturated rings. The van der Waals surface area contributed by atoms with Gasteiger partial charge in [-0.05, 0) is 31.2 Å². The lowest BCUT2D eigenvalue weighted by Crippen LogP contribution is -2.59. The third kappa shape index (κ3) is 2.58. The van der Waals surface area contributed by atoms with Crippen molar-refractivity contribution in [3.05, 3.63) is 59.1 Å². The van der Waals surface area contributed by atoms with E-state index in [1.54, 1.807) is 43.3 Å². The largest absolute Gasteiger partial charge is 0.394 e. The van der Waals surface area contributed by atoms with Gasteiger partial charge in [0.2, 0.25) is 5.41 Å². The maximum atomic E-state index is 13.3. The van der Waals surface area contributed by atoms with Crippen LogP contribution in [0.1, 0.15) is 17.3 Å². The van der Waals surface area contributed by atoms with E-state index in [0.29, 0.717) is 5.69 Å². The van der Waals surface area contributed by atoms with Gasteiger partial charge in [-0.1, -0.05) is 35.9 Å². The number of nitrogens with one attached hydrogen (secondary N) is 1. The van der Waals surface area contributed by atoms with Gasteiger partial charge in [0.25, 0.3) is 11.8 Å². The summed E-state index contributed by atoms with van der Waals surface area (Å²) >= 11 is 6.13. The van der Waals surface area contributed by atoms with Crippen LogP contribution in [-0.2, 0) is 9.59 Å². The number of aliphatic hydroxyl groups excluding tert-OH is 1. The zero-order chi connectivity index (χ0) is 18.9. The summed E-state index contributed by atoms with van der Waals surface area (Å²) in [6.07, 6.45) is 0. The summed E-state index contributed by atoms with van der Waals surface area (Å²) in [6.45, 7) is 0.993. The van der Waals surface area contributed by atoms with Crippen LogP contribution in [0.4, 0.5) is 11.4 Å². The second-order valence-electron chi connectivity index (χ2n) is 5.89. The van der Waals surface area contributed by atoms with E-state index in [-0.39, 0.29) is 22.8 Å². The topological polar surface area (TPSA) is 86.7 Å². The Kier molecular flexibility index (Phi) is 4.80. The first-order valence-electron chi connectivity index (χ1n) is 8.10. The van der Waals surface area contributed by atoms with Crippen molar-refractivity contribution < 1.29 is 19.5 Å². The number of Topliss-reactive ketones (excluding diaryl/α,β-unsaturated/α-hetero) is 1. The van der Waals surface area contributed by atoms with Crippen molar-refractivity contribution in [2.75, 3.05) is 23.4 Å². The fraction of sp³-hybridized carbons (Fsp3) is 0.211. The Morgan fingerprint density at radius 1 is 1.15 bits per heavy atom. The van der Waals surface area contributed by atoms with E-state index in [9.17, 15) is 19.5 Å². The number of hydrogen-bond donors (Lipinski definition) is 2. The van der Waals surface area contributed by atoms with E-state index in [2.05, 4.69) is 5.32 Å². The van der Waals surface area contributed by atoms with E-state index in [1.807, 2.05) is 0 Å². The highest BCUT2D eigenvalue weighted by Crippen LogP contribution is 2.39. The zero-order valence-electron chi connectivity index (χ0n) is 14.0. The van der Waals surface area contributed by atoms with Gasteiger partial charge in [0.05, 0.1) is 22.9 Å². The molecule has 2 aromatic carbocycles. The van der Waals surface area contributed by atoms with Crippen LogP contribution in [0.5, 0.6) is 0 Å². The molecule has 0 bridgehead atoms. The maximum absolute atomic E-state index is 13.3. The van der Waals surface area contributed by atoms with Crippen molar-refractivity contribution >= 4 is 40.6 Å². The molecule has 6 nitrogen and oxygen atoms in total. The lowest BCUT2D eigenvalue weighted by Gasteiger charge is -2.36. The van der Waals surface area contributed by atoms with Gasteiger partial charge in [0, 0.05) is 12.2 Å². The Morgan fingerprint density at radius 2 is 1.85 bits per heavy atom. The fourth-order valence-corrected chi connectivity index (χ4v) is 3.35. The van der Waals surface area contributed by atoms with Crippen LogP contribution < -0.4 is 10.2 Å². The van der Waals surface area contributed by atoms with Gasteiger partial charge in [-0.2, -0.15) is 0 Å². The molecule has 1 heterocycles. The first kappa shape index (κ1) is 18.1. The zero-order valence-corrected chi connectivity index (χ0v) is 14.8. The van der Waals surface area contributed by atoms with Crippen molar-refractivity contribution in [1.29, 1.82) is 0 Å². The Hall–Kier alpha value is -2.70. The highest BCUT2D eigenvalue weighted by atomic mass is 35.5. The normalized spacial score (nSPS) is 18.9. The van der Waals surface area contributed by atoms with Gasteiger partial charge in [-0.3, -0.25) is 14.4 Å². The molecule has 1 aliphatic rings. The van der Waals surface area contributed by atoms with Crippen LogP contribution in [0.25, 0.3) is 0 Å². The van der Waals surface area contributed by atoms with Crippen molar-refractivity contribution in [2.24, 2.45) is 5.41 Å². The Bertz CT molecular complexity index is 884. The van der Waals surface area contributed by atoms with Crippen LogP contribution in [-0.4, -0.2) is 35.9 Å². The highest BCUT2D eigenvalue weighted by molar-refractivity contribution is 6.42. The summed E-state index contributed by atoms with van der Waals surface area (Å²) in [7, 11) is 0. The van der Waals surface area contributed by atoms with E-state index in [4.69, 9.17) is 11.6 Å². The predicted octanol–water partition coefficient (Wildman–Crippen LogP) is 2.51. The monoisotopic (exact) mass is 372 g/mol. The number of hydrogen-bond acceptors (Lipinski definition) is 4. The third-order valence-electron chi connectivity index (χ3n) is 4.50. The first-order chi connectivity index (χ1) is 12.5. The van der Waals surface area contributed by atoms with Crippen molar-refractivity contribution in [3.63, 3.8) is 0 Å². The number of carbonyl (C=O) groups is 3. The Labute approximate surface area is 155 Å². The quantitative estimate of drug-likeness (QED) is 0.807. The number of nitrogens with zero attached hydrogens (tertiary/aromatic N) is 1. The smallest absolute Gasteiger partial charge is 0.253 e. The van der Waals surface area contributed by atoms with E-state index >= 15 is 0 Å². The van der Waals surface area contributed by atoms with E-state index in [1.165, 1.54) is 17.0 Å². The van der Waals surface area contributed by atoms with Crippen LogP contribution in [0, 0.1) is 5.41 Å². The minimum atomic E-state index is -2.27. The summed E-state index contributed by atoms with van der Waals surface area (Å²) in [5.41, 5.74) is -1.49. The fourth-order valence-electron chi connectivity index (χ4n) is 3.09. The lowest BCUT2D eigenvalue weighted by atomic mass is 9.75. The molecule has 134 valence electrons. The molecule has 1 aliphatic heterocycles. The second-order valence-corrected chi connectivity index (χ2v) is 6.30. The molecule has 2 N–H and O–H groups in total. The number of carbonyl (C=O) groups excluding carboxylic acids is 3. The molecule has 0 aliphatic carbocycles. The Morgan fingerprint density at radius 3 is 2.46 bits per heavy atom.